The van der Waals surface area contributed by atoms with E-state index in [-0.39, 0.29) is 0 Å². The number of aromatic nitrogens is 3. The highest BCUT2D eigenvalue weighted by atomic mass is 16.3. The zero-order chi connectivity index (χ0) is 32.3. The predicted molar refractivity (Wildman–Crippen MR) is 201 cm³/mol. The van der Waals surface area contributed by atoms with Crippen LogP contribution in [0.2, 0.25) is 0 Å². The second-order valence-electron chi connectivity index (χ2n) is 12.8. The molecule has 6 aromatic carbocycles. The molecule has 1 unspecified atom stereocenters. The second kappa shape index (κ2) is 11.1. The number of para-hydroxylation sites is 1. The largest absolute Gasteiger partial charge is 0.456 e. The molecule has 0 aliphatic heterocycles. The van der Waals surface area contributed by atoms with Crippen LogP contribution in [0, 0.1) is 5.92 Å². The molecule has 2 aliphatic rings. The number of fused-ring (bicyclic) bond motifs is 6. The fraction of sp³-hybridized carbons (Fsp3) is 0.0444. The maximum Gasteiger partial charge on any atom is 0.164 e. The zero-order valence-corrected chi connectivity index (χ0v) is 26.5. The summed E-state index contributed by atoms with van der Waals surface area (Å²) < 4.78 is 6.18. The van der Waals surface area contributed by atoms with Gasteiger partial charge < -0.3 is 4.42 Å². The highest BCUT2D eigenvalue weighted by Crippen LogP contribution is 2.38. The Morgan fingerprint density at radius 1 is 0.551 bits per heavy atom. The number of allylic oxidation sites excluding steroid dienone is 8. The molecule has 49 heavy (non-hydrogen) atoms. The lowest BCUT2D eigenvalue weighted by molar-refractivity contribution is 0.669. The standard InChI is InChI=1S/C45H29N3O/c1-3-10-30-25-35(21-16-28(30)8-1)43-46-44(36-22-17-29-9-2-4-11-31(29)26-36)48-45(47-43)37-23-19-32-24-34(20-18-33(32)27-37)38-13-7-15-41-42(38)39-12-5-6-14-40(39)49-41/h1-16,18-27,29H,17H2. The Hall–Kier alpha value is -6.39. The monoisotopic (exact) mass is 627 g/mol. The van der Waals surface area contributed by atoms with Crippen LogP contribution in [-0.4, -0.2) is 15.0 Å². The highest BCUT2D eigenvalue weighted by molar-refractivity contribution is 6.13. The van der Waals surface area contributed by atoms with Gasteiger partial charge in [-0.05, 0) is 81.1 Å². The normalized spacial score (nSPS) is 15.6. The third-order valence-electron chi connectivity index (χ3n) is 9.80. The molecule has 1 atom stereocenters. The van der Waals surface area contributed by atoms with Crippen LogP contribution in [-0.2, 0) is 0 Å². The van der Waals surface area contributed by atoms with Crippen molar-refractivity contribution in [3.63, 3.8) is 0 Å². The molecule has 4 heteroatoms. The van der Waals surface area contributed by atoms with E-state index in [1.807, 2.05) is 18.2 Å². The van der Waals surface area contributed by atoms with E-state index < -0.39 is 0 Å². The van der Waals surface area contributed by atoms with Crippen LogP contribution in [0.4, 0.5) is 0 Å². The summed E-state index contributed by atoms with van der Waals surface area (Å²) in [6, 6.07) is 42.5. The van der Waals surface area contributed by atoms with E-state index in [0.29, 0.717) is 23.4 Å². The molecule has 0 bridgehead atoms. The second-order valence-corrected chi connectivity index (χ2v) is 12.8. The smallest absolute Gasteiger partial charge is 0.164 e. The summed E-state index contributed by atoms with van der Waals surface area (Å²) in [6.07, 6.45) is 14.1. The summed E-state index contributed by atoms with van der Waals surface area (Å²) in [5.74, 6) is 2.42. The summed E-state index contributed by atoms with van der Waals surface area (Å²) in [5, 5.41) is 6.90. The molecule has 0 amide bonds. The zero-order valence-electron chi connectivity index (χ0n) is 26.5. The average Bonchev–Trinajstić information content (AvgIpc) is 3.56. The molecule has 2 heterocycles. The van der Waals surface area contributed by atoms with E-state index in [2.05, 4.69) is 140 Å². The number of furan rings is 1. The van der Waals surface area contributed by atoms with Crippen LogP contribution in [0.1, 0.15) is 12.2 Å². The number of benzene rings is 6. The summed E-state index contributed by atoms with van der Waals surface area (Å²) >= 11 is 0. The van der Waals surface area contributed by atoms with Crippen LogP contribution in [0.15, 0.2) is 168 Å². The first-order valence-electron chi connectivity index (χ1n) is 16.7. The van der Waals surface area contributed by atoms with E-state index >= 15 is 0 Å². The molecule has 0 saturated carbocycles. The molecule has 230 valence electrons. The summed E-state index contributed by atoms with van der Waals surface area (Å²) in [4.78, 5) is 15.2. The number of rotatable bonds is 4. The summed E-state index contributed by atoms with van der Waals surface area (Å²) in [6.45, 7) is 0. The first-order valence-corrected chi connectivity index (χ1v) is 16.7. The van der Waals surface area contributed by atoms with Gasteiger partial charge in [-0.1, -0.05) is 121 Å². The topological polar surface area (TPSA) is 51.8 Å². The number of nitrogens with zero attached hydrogens (tertiary/aromatic N) is 3. The molecule has 0 saturated heterocycles. The van der Waals surface area contributed by atoms with E-state index in [1.54, 1.807) is 0 Å². The third-order valence-corrected chi connectivity index (χ3v) is 9.80. The molecule has 8 aromatic rings. The Balaban J connectivity index is 1.09. The lowest BCUT2D eigenvalue weighted by Gasteiger charge is -2.20. The van der Waals surface area contributed by atoms with E-state index in [4.69, 9.17) is 19.4 Å². The lowest BCUT2D eigenvalue weighted by Crippen LogP contribution is -2.08. The predicted octanol–water partition coefficient (Wildman–Crippen LogP) is 11.5. The Labute approximate surface area is 283 Å². The average molecular weight is 628 g/mol. The van der Waals surface area contributed by atoms with Crippen molar-refractivity contribution in [1.82, 2.24) is 15.0 Å². The molecule has 10 rings (SSSR count). The Morgan fingerprint density at radius 3 is 2.04 bits per heavy atom. The molecule has 0 fully saturated rings. The third kappa shape index (κ3) is 4.80. The van der Waals surface area contributed by atoms with Crippen LogP contribution < -0.4 is 0 Å². The first-order chi connectivity index (χ1) is 24.2. The Kier molecular flexibility index (Phi) is 6.28. The number of hydrogen-bond acceptors (Lipinski definition) is 4. The molecule has 4 nitrogen and oxygen atoms in total. The Bertz CT molecular complexity index is 2760. The first kappa shape index (κ1) is 27.7. The van der Waals surface area contributed by atoms with Crippen LogP contribution in [0.5, 0.6) is 0 Å². The van der Waals surface area contributed by atoms with Gasteiger partial charge in [-0.25, -0.2) is 15.0 Å². The summed E-state index contributed by atoms with van der Waals surface area (Å²) in [5.41, 5.74) is 8.36. The van der Waals surface area contributed by atoms with Gasteiger partial charge >= 0.3 is 0 Å². The van der Waals surface area contributed by atoms with Crippen LogP contribution in [0.25, 0.3) is 83.0 Å². The van der Waals surface area contributed by atoms with Crippen molar-refractivity contribution in [3.05, 3.63) is 169 Å². The van der Waals surface area contributed by atoms with Crippen molar-refractivity contribution >= 4 is 49.1 Å². The van der Waals surface area contributed by atoms with Gasteiger partial charge in [-0.15, -0.1) is 0 Å². The van der Waals surface area contributed by atoms with Gasteiger partial charge in [0.25, 0.3) is 0 Å². The fourth-order valence-electron chi connectivity index (χ4n) is 7.28. The minimum Gasteiger partial charge on any atom is -0.456 e. The van der Waals surface area contributed by atoms with E-state index in [9.17, 15) is 0 Å². The van der Waals surface area contributed by atoms with Crippen molar-refractivity contribution in [2.45, 2.75) is 6.42 Å². The fourth-order valence-corrected chi connectivity index (χ4v) is 7.28. The van der Waals surface area contributed by atoms with Gasteiger partial charge in [0.05, 0.1) is 0 Å². The molecule has 0 N–H and O–H groups in total. The minimum atomic E-state index is 0.402. The molecular formula is C45H29N3O. The van der Waals surface area contributed by atoms with Crippen molar-refractivity contribution in [2.75, 3.05) is 0 Å². The van der Waals surface area contributed by atoms with Gasteiger partial charge in [-0.2, -0.15) is 0 Å². The molecule has 2 aliphatic carbocycles. The van der Waals surface area contributed by atoms with Gasteiger partial charge in [-0.3, -0.25) is 0 Å². The lowest BCUT2D eigenvalue weighted by atomic mass is 9.85. The SMILES string of the molecule is C1=CC2=CC(c3nc(-c4ccc5ccccc5c4)nc(-c4ccc5cc(-c6cccc7oc8ccccc8c67)ccc5c4)n3)=CCC2C=C1. The minimum absolute atomic E-state index is 0.402. The van der Waals surface area contributed by atoms with Crippen LogP contribution >= 0.6 is 0 Å². The van der Waals surface area contributed by atoms with Gasteiger partial charge in [0.15, 0.2) is 17.5 Å². The number of hydrogen-bond donors (Lipinski definition) is 0. The van der Waals surface area contributed by atoms with E-state index in [0.717, 1.165) is 72.3 Å². The van der Waals surface area contributed by atoms with Crippen molar-refractivity contribution in [3.8, 4) is 33.9 Å². The molecule has 0 radical (unpaired) electrons. The summed E-state index contributed by atoms with van der Waals surface area (Å²) in [7, 11) is 0. The maximum atomic E-state index is 6.18. The molecular weight excluding hydrogens is 599 g/mol. The van der Waals surface area contributed by atoms with Crippen molar-refractivity contribution in [2.24, 2.45) is 5.92 Å². The molecule has 2 aromatic heterocycles. The van der Waals surface area contributed by atoms with Gasteiger partial charge in [0.2, 0.25) is 0 Å². The van der Waals surface area contributed by atoms with Crippen molar-refractivity contribution < 1.29 is 4.42 Å². The molecule has 0 spiro atoms. The Morgan fingerprint density at radius 2 is 1.20 bits per heavy atom. The van der Waals surface area contributed by atoms with E-state index in [1.165, 1.54) is 11.0 Å². The van der Waals surface area contributed by atoms with Crippen molar-refractivity contribution in [1.29, 1.82) is 0 Å². The highest BCUT2D eigenvalue weighted by Gasteiger charge is 2.20. The van der Waals surface area contributed by atoms with Gasteiger partial charge in [0, 0.05) is 33.4 Å². The van der Waals surface area contributed by atoms with Crippen LogP contribution in [0.3, 0.4) is 0 Å². The van der Waals surface area contributed by atoms with Gasteiger partial charge in [0.1, 0.15) is 11.2 Å². The quantitative estimate of drug-likeness (QED) is 0.195. The maximum absolute atomic E-state index is 6.18.